The molecular weight excluding hydrogens is 180 g/mol. The predicted octanol–water partition coefficient (Wildman–Crippen LogP) is 1.59. The van der Waals surface area contributed by atoms with E-state index in [4.69, 9.17) is 5.11 Å². The molecule has 3 nitrogen and oxygen atoms in total. The molecule has 0 aromatic carbocycles. The molecule has 0 aliphatic carbocycles. The van der Waals surface area contributed by atoms with Crippen molar-refractivity contribution < 1.29 is 18.7 Å². The van der Waals surface area contributed by atoms with Crippen LogP contribution in [0.15, 0.2) is 18.3 Å². The van der Waals surface area contributed by atoms with E-state index in [1.807, 2.05) is 0 Å². The highest BCUT2D eigenvalue weighted by atomic mass is 19.3. The Kier molecular flexibility index (Phi) is 2.36. The van der Waals surface area contributed by atoms with Gasteiger partial charge in [0, 0.05) is 13.2 Å². The molecule has 0 saturated carbocycles. The summed E-state index contributed by atoms with van der Waals surface area (Å²) in [5, 5.41) is 8.25. The number of alkyl halides is 2. The molecule has 0 atom stereocenters. The minimum atomic E-state index is -3.30. The molecule has 0 amide bonds. The fourth-order valence-electron chi connectivity index (χ4n) is 1.12. The fourth-order valence-corrected chi connectivity index (χ4v) is 1.12. The van der Waals surface area contributed by atoms with Gasteiger partial charge >= 0.3 is 5.97 Å². The average Bonchev–Trinajstić information content (AvgIpc) is 2.32. The normalized spacial score (nSPS) is 11.6. The van der Waals surface area contributed by atoms with Gasteiger partial charge < -0.3 is 9.67 Å². The van der Waals surface area contributed by atoms with Gasteiger partial charge in [0.1, 0.15) is 6.42 Å². The lowest BCUT2D eigenvalue weighted by molar-refractivity contribution is -0.146. The number of carboxylic acid groups (broad SMARTS) is 1. The van der Waals surface area contributed by atoms with Crippen LogP contribution < -0.4 is 0 Å². The van der Waals surface area contributed by atoms with Crippen molar-refractivity contribution in [2.24, 2.45) is 7.05 Å². The molecule has 1 aromatic heterocycles. The molecule has 0 spiro atoms. The lowest BCUT2D eigenvalue weighted by atomic mass is 10.2. The van der Waals surface area contributed by atoms with E-state index in [2.05, 4.69) is 0 Å². The first kappa shape index (κ1) is 9.70. The minimum absolute atomic E-state index is 0.282. The van der Waals surface area contributed by atoms with Gasteiger partial charge in [-0.1, -0.05) is 0 Å². The highest BCUT2D eigenvalue weighted by molar-refractivity contribution is 5.68. The Morgan fingerprint density at radius 3 is 2.69 bits per heavy atom. The molecule has 0 fully saturated rings. The zero-order chi connectivity index (χ0) is 10.1. The zero-order valence-corrected chi connectivity index (χ0v) is 7.00. The average molecular weight is 189 g/mol. The topological polar surface area (TPSA) is 42.2 Å². The quantitative estimate of drug-likeness (QED) is 0.784. The van der Waals surface area contributed by atoms with Gasteiger partial charge in [0.25, 0.3) is 5.92 Å². The Morgan fingerprint density at radius 2 is 2.31 bits per heavy atom. The van der Waals surface area contributed by atoms with Crippen LogP contribution in [0.25, 0.3) is 0 Å². The maximum Gasteiger partial charge on any atom is 0.309 e. The van der Waals surface area contributed by atoms with Gasteiger partial charge in [0.15, 0.2) is 0 Å². The van der Waals surface area contributed by atoms with Gasteiger partial charge in [-0.15, -0.1) is 0 Å². The summed E-state index contributed by atoms with van der Waals surface area (Å²) in [6, 6.07) is 2.66. The van der Waals surface area contributed by atoms with Crippen LogP contribution in [-0.4, -0.2) is 15.6 Å². The number of carbonyl (C=O) groups is 1. The monoisotopic (exact) mass is 189 g/mol. The number of hydrogen-bond donors (Lipinski definition) is 1. The summed E-state index contributed by atoms with van der Waals surface area (Å²) in [6.45, 7) is 0. The summed E-state index contributed by atoms with van der Waals surface area (Å²) in [7, 11) is 1.45. The van der Waals surface area contributed by atoms with Crippen molar-refractivity contribution in [1.82, 2.24) is 4.57 Å². The van der Waals surface area contributed by atoms with Crippen molar-refractivity contribution in [2.75, 3.05) is 0 Å². The molecule has 1 rings (SSSR count). The van der Waals surface area contributed by atoms with Crippen LogP contribution in [0.5, 0.6) is 0 Å². The van der Waals surface area contributed by atoms with E-state index in [0.29, 0.717) is 0 Å². The number of rotatable bonds is 3. The van der Waals surface area contributed by atoms with E-state index in [0.717, 1.165) is 0 Å². The Labute approximate surface area is 73.6 Å². The number of aryl methyl sites for hydroxylation is 1. The molecule has 0 unspecified atom stereocenters. The van der Waals surface area contributed by atoms with E-state index in [1.165, 1.54) is 29.9 Å². The van der Waals surface area contributed by atoms with Crippen LogP contribution >= 0.6 is 0 Å². The summed E-state index contributed by atoms with van der Waals surface area (Å²) >= 11 is 0. The summed E-state index contributed by atoms with van der Waals surface area (Å²) in [5.41, 5.74) is -0.282. The third kappa shape index (κ3) is 2.05. The van der Waals surface area contributed by atoms with Gasteiger partial charge in [-0.2, -0.15) is 8.78 Å². The number of aromatic nitrogens is 1. The van der Waals surface area contributed by atoms with Crippen LogP contribution in [0, 0.1) is 0 Å². The number of halogens is 2. The highest BCUT2D eigenvalue weighted by Crippen LogP contribution is 2.31. The smallest absolute Gasteiger partial charge is 0.309 e. The largest absolute Gasteiger partial charge is 0.481 e. The van der Waals surface area contributed by atoms with E-state index in [1.54, 1.807) is 0 Å². The molecule has 5 heteroatoms. The fraction of sp³-hybridized carbons (Fsp3) is 0.375. The first-order chi connectivity index (χ1) is 5.93. The molecule has 72 valence electrons. The Hall–Kier alpha value is -1.39. The van der Waals surface area contributed by atoms with Gasteiger partial charge in [-0.05, 0) is 12.1 Å². The van der Waals surface area contributed by atoms with E-state index < -0.39 is 18.3 Å². The summed E-state index contributed by atoms with van der Waals surface area (Å²) in [6.07, 6.45) is 0.274. The first-order valence-electron chi connectivity index (χ1n) is 3.65. The highest BCUT2D eigenvalue weighted by Gasteiger charge is 2.36. The van der Waals surface area contributed by atoms with E-state index in [9.17, 15) is 13.6 Å². The number of nitrogens with zero attached hydrogens (tertiary/aromatic N) is 1. The van der Waals surface area contributed by atoms with Crippen molar-refractivity contribution in [1.29, 1.82) is 0 Å². The van der Waals surface area contributed by atoms with Crippen molar-refractivity contribution in [3.8, 4) is 0 Å². The minimum Gasteiger partial charge on any atom is -0.481 e. The van der Waals surface area contributed by atoms with Gasteiger partial charge in [-0.25, -0.2) is 0 Å². The third-order valence-electron chi connectivity index (χ3n) is 1.69. The van der Waals surface area contributed by atoms with Crippen molar-refractivity contribution in [2.45, 2.75) is 12.3 Å². The lowest BCUT2D eigenvalue weighted by Crippen LogP contribution is -2.21. The number of carboxylic acids is 1. The lowest BCUT2D eigenvalue weighted by Gasteiger charge is -2.14. The molecule has 0 aliphatic heterocycles. The second-order valence-electron chi connectivity index (χ2n) is 2.78. The SMILES string of the molecule is Cn1cccc1C(F)(F)CC(=O)O. The molecule has 0 saturated heterocycles. The van der Waals surface area contributed by atoms with Crippen LogP contribution in [0.2, 0.25) is 0 Å². The molecular formula is C8H9F2NO2. The maximum atomic E-state index is 13.1. The molecule has 13 heavy (non-hydrogen) atoms. The van der Waals surface area contributed by atoms with Crippen LogP contribution in [0.4, 0.5) is 8.78 Å². The zero-order valence-electron chi connectivity index (χ0n) is 7.00. The van der Waals surface area contributed by atoms with Gasteiger partial charge in [0.05, 0.1) is 5.69 Å². The molecule has 1 heterocycles. The van der Waals surface area contributed by atoms with Gasteiger partial charge in [-0.3, -0.25) is 4.79 Å². The van der Waals surface area contributed by atoms with Crippen LogP contribution in [-0.2, 0) is 17.8 Å². The predicted molar refractivity (Wildman–Crippen MR) is 41.6 cm³/mol. The van der Waals surface area contributed by atoms with E-state index >= 15 is 0 Å². The maximum absolute atomic E-state index is 13.1. The standard InChI is InChI=1S/C8H9F2NO2/c1-11-4-2-3-6(11)8(9,10)5-7(12)13/h2-4H,5H2,1H3,(H,12,13). The summed E-state index contributed by atoms with van der Waals surface area (Å²) < 4.78 is 27.4. The molecule has 0 bridgehead atoms. The van der Waals surface area contributed by atoms with Crippen LogP contribution in [0.1, 0.15) is 12.1 Å². The number of aliphatic carboxylic acids is 1. The van der Waals surface area contributed by atoms with E-state index in [-0.39, 0.29) is 5.69 Å². The Balaban J connectivity index is 2.93. The van der Waals surface area contributed by atoms with Crippen LogP contribution in [0.3, 0.4) is 0 Å². The molecule has 0 radical (unpaired) electrons. The Morgan fingerprint density at radius 1 is 1.69 bits per heavy atom. The molecule has 0 aliphatic rings. The van der Waals surface area contributed by atoms with Crippen molar-refractivity contribution >= 4 is 5.97 Å². The Bertz CT molecular complexity index is 320. The van der Waals surface area contributed by atoms with Crippen molar-refractivity contribution in [3.63, 3.8) is 0 Å². The number of hydrogen-bond acceptors (Lipinski definition) is 1. The molecule has 1 N–H and O–H groups in total. The summed E-state index contributed by atoms with van der Waals surface area (Å²) in [4.78, 5) is 10.1. The third-order valence-corrected chi connectivity index (χ3v) is 1.69. The second kappa shape index (κ2) is 3.16. The second-order valence-corrected chi connectivity index (χ2v) is 2.78. The van der Waals surface area contributed by atoms with Crippen molar-refractivity contribution in [3.05, 3.63) is 24.0 Å². The first-order valence-corrected chi connectivity index (χ1v) is 3.65. The summed E-state index contributed by atoms with van der Waals surface area (Å²) in [5.74, 6) is -4.81. The van der Waals surface area contributed by atoms with Gasteiger partial charge in [0.2, 0.25) is 0 Å². The molecule has 1 aromatic rings.